The van der Waals surface area contributed by atoms with Crippen LogP contribution in [0.1, 0.15) is 20.3 Å². The van der Waals surface area contributed by atoms with Gasteiger partial charge in [0.2, 0.25) is 11.8 Å². The van der Waals surface area contributed by atoms with Gasteiger partial charge >= 0.3 is 0 Å². The topological polar surface area (TPSA) is 69.9 Å². The zero-order chi connectivity index (χ0) is 18.0. The lowest BCUT2D eigenvalue weighted by Gasteiger charge is -2.38. The van der Waals surface area contributed by atoms with Gasteiger partial charge in [0.1, 0.15) is 0 Å². The van der Waals surface area contributed by atoms with E-state index in [9.17, 15) is 9.59 Å². The first-order chi connectivity index (χ1) is 12.0. The Morgan fingerprint density at radius 3 is 2.27 bits per heavy atom. The van der Waals surface area contributed by atoms with E-state index in [1.165, 1.54) is 0 Å². The Morgan fingerprint density at radius 1 is 1.08 bits per heavy atom. The number of carbonyl (C=O) groups is 2. The van der Waals surface area contributed by atoms with E-state index in [0.29, 0.717) is 13.1 Å². The normalized spacial score (nSPS) is 23.5. The molecule has 0 spiro atoms. The van der Waals surface area contributed by atoms with Crippen molar-refractivity contribution in [1.29, 1.82) is 0 Å². The molecule has 0 aliphatic carbocycles. The van der Waals surface area contributed by atoms with Crippen molar-refractivity contribution in [2.24, 2.45) is 11.7 Å². The molecule has 2 fully saturated rings. The van der Waals surface area contributed by atoms with Crippen LogP contribution in [0.25, 0.3) is 0 Å². The van der Waals surface area contributed by atoms with Crippen LogP contribution < -0.4 is 10.6 Å². The summed E-state index contributed by atoms with van der Waals surface area (Å²) in [5, 5.41) is 0. The Kier molecular flexibility index (Phi) is 7.03. The lowest BCUT2D eigenvalue weighted by Crippen LogP contribution is -2.55. The zero-order valence-electron chi connectivity index (χ0n) is 15.5. The molecule has 26 heavy (non-hydrogen) atoms. The van der Waals surface area contributed by atoms with Gasteiger partial charge in [-0.2, -0.15) is 0 Å². The number of hydrogen-bond donors (Lipinski definition) is 1. The molecule has 0 aromatic heterocycles. The van der Waals surface area contributed by atoms with E-state index in [4.69, 9.17) is 5.73 Å². The minimum atomic E-state index is -0.159. The second kappa shape index (κ2) is 8.84. The van der Waals surface area contributed by atoms with Crippen molar-refractivity contribution in [3.63, 3.8) is 0 Å². The Hall–Kier alpha value is -1.63. The van der Waals surface area contributed by atoms with E-state index in [1.807, 2.05) is 54.0 Å². The molecule has 3 atom stereocenters. The van der Waals surface area contributed by atoms with Gasteiger partial charge in [-0.05, 0) is 25.5 Å². The van der Waals surface area contributed by atoms with Crippen molar-refractivity contribution in [3.8, 4) is 0 Å². The largest absolute Gasteiger partial charge is 0.340 e. The molecular formula is C19H29ClN4O2. The first kappa shape index (κ1) is 20.7. The highest BCUT2D eigenvalue weighted by Crippen LogP contribution is 2.25. The molecule has 2 saturated heterocycles. The molecule has 2 amide bonds. The Morgan fingerprint density at radius 2 is 1.69 bits per heavy atom. The van der Waals surface area contributed by atoms with Crippen LogP contribution in [0.5, 0.6) is 0 Å². The van der Waals surface area contributed by atoms with E-state index in [2.05, 4.69) is 4.90 Å². The summed E-state index contributed by atoms with van der Waals surface area (Å²) in [4.78, 5) is 31.2. The molecule has 6 nitrogen and oxygen atoms in total. The van der Waals surface area contributed by atoms with Crippen molar-refractivity contribution >= 4 is 29.9 Å². The lowest BCUT2D eigenvalue weighted by molar-refractivity contribution is -0.137. The number of piperazine rings is 1. The van der Waals surface area contributed by atoms with Gasteiger partial charge in [0.25, 0.3) is 0 Å². The van der Waals surface area contributed by atoms with Crippen LogP contribution in [-0.4, -0.2) is 66.4 Å². The standard InChI is InChI=1S/C19H28N4O2.ClH/c1-14(15(2)20)18(24)22-12-10-21(11-13-22)17-8-9-23(19(17)25)16-6-4-3-5-7-16;/h3-7,14-15,17H,8-13,20H2,1-2H3;1H. The molecule has 2 aliphatic rings. The molecule has 2 aliphatic heterocycles. The van der Waals surface area contributed by atoms with E-state index in [-0.39, 0.29) is 42.2 Å². The van der Waals surface area contributed by atoms with Crippen LogP contribution in [0.3, 0.4) is 0 Å². The van der Waals surface area contributed by atoms with Crippen LogP contribution in [0.15, 0.2) is 30.3 Å². The van der Waals surface area contributed by atoms with Crippen molar-refractivity contribution in [3.05, 3.63) is 30.3 Å². The summed E-state index contributed by atoms with van der Waals surface area (Å²) in [6.07, 6.45) is 0.845. The second-order valence-electron chi connectivity index (χ2n) is 7.14. The van der Waals surface area contributed by atoms with Crippen molar-refractivity contribution in [1.82, 2.24) is 9.80 Å². The van der Waals surface area contributed by atoms with Gasteiger partial charge in [0, 0.05) is 44.5 Å². The molecule has 1 aromatic rings. The molecule has 0 bridgehead atoms. The van der Waals surface area contributed by atoms with Gasteiger partial charge in [-0.25, -0.2) is 0 Å². The number of benzene rings is 1. The molecule has 0 radical (unpaired) electrons. The number of anilines is 1. The maximum Gasteiger partial charge on any atom is 0.244 e. The summed E-state index contributed by atoms with van der Waals surface area (Å²) in [6.45, 7) is 7.35. The van der Waals surface area contributed by atoms with Crippen molar-refractivity contribution in [2.45, 2.75) is 32.4 Å². The molecule has 144 valence electrons. The number of nitrogens with two attached hydrogens (primary N) is 1. The average molecular weight is 381 g/mol. The van der Waals surface area contributed by atoms with Crippen molar-refractivity contribution < 1.29 is 9.59 Å². The van der Waals surface area contributed by atoms with Gasteiger partial charge in [-0.15, -0.1) is 12.4 Å². The summed E-state index contributed by atoms with van der Waals surface area (Å²) in [5.41, 5.74) is 6.82. The highest BCUT2D eigenvalue weighted by molar-refractivity contribution is 5.99. The van der Waals surface area contributed by atoms with E-state index < -0.39 is 0 Å². The highest BCUT2D eigenvalue weighted by Gasteiger charge is 2.38. The smallest absolute Gasteiger partial charge is 0.244 e. The molecule has 3 unspecified atom stereocenters. The van der Waals surface area contributed by atoms with Crippen molar-refractivity contribution in [2.75, 3.05) is 37.6 Å². The fourth-order valence-electron chi connectivity index (χ4n) is 3.63. The summed E-state index contributed by atoms with van der Waals surface area (Å²) in [5.74, 6) is 0.140. The van der Waals surface area contributed by atoms with Gasteiger partial charge < -0.3 is 15.5 Å². The van der Waals surface area contributed by atoms with Crippen LogP contribution in [0.2, 0.25) is 0 Å². The van der Waals surface area contributed by atoms with Crippen LogP contribution >= 0.6 is 12.4 Å². The number of carbonyl (C=O) groups excluding carboxylic acids is 2. The maximum atomic E-state index is 12.8. The molecule has 0 saturated carbocycles. The molecule has 7 heteroatoms. The quantitative estimate of drug-likeness (QED) is 0.855. The first-order valence-electron chi connectivity index (χ1n) is 9.14. The van der Waals surface area contributed by atoms with Gasteiger partial charge in [-0.3, -0.25) is 14.5 Å². The molecular weight excluding hydrogens is 352 g/mol. The van der Waals surface area contributed by atoms with Gasteiger partial charge in [0.15, 0.2) is 0 Å². The second-order valence-corrected chi connectivity index (χ2v) is 7.14. The van der Waals surface area contributed by atoms with Crippen LogP contribution in [-0.2, 0) is 9.59 Å². The third kappa shape index (κ3) is 4.19. The SMILES string of the molecule is CC(N)C(C)C(=O)N1CCN(C2CCN(c3ccccc3)C2=O)CC1.Cl. The fourth-order valence-corrected chi connectivity index (χ4v) is 3.63. The summed E-state index contributed by atoms with van der Waals surface area (Å²) >= 11 is 0. The fraction of sp³-hybridized carbons (Fsp3) is 0.579. The average Bonchev–Trinajstić information content (AvgIpc) is 3.02. The first-order valence-corrected chi connectivity index (χ1v) is 9.14. The Bertz CT molecular complexity index is 617. The molecule has 3 rings (SSSR count). The van der Waals surface area contributed by atoms with Gasteiger partial charge in [-0.1, -0.05) is 25.1 Å². The third-order valence-electron chi connectivity index (χ3n) is 5.49. The number of amides is 2. The van der Waals surface area contributed by atoms with E-state index >= 15 is 0 Å². The molecule has 2 heterocycles. The maximum absolute atomic E-state index is 12.8. The van der Waals surface area contributed by atoms with E-state index in [1.54, 1.807) is 0 Å². The predicted octanol–water partition coefficient (Wildman–Crippen LogP) is 1.34. The highest BCUT2D eigenvalue weighted by atomic mass is 35.5. The minimum absolute atomic E-state index is 0. The summed E-state index contributed by atoms with van der Waals surface area (Å²) < 4.78 is 0. The lowest BCUT2D eigenvalue weighted by atomic mass is 10.0. The minimum Gasteiger partial charge on any atom is -0.340 e. The van der Waals surface area contributed by atoms with E-state index in [0.717, 1.165) is 31.7 Å². The summed E-state index contributed by atoms with van der Waals surface area (Å²) in [7, 11) is 0. The number of para-hydroxylation sites is 1. The zero-order valence-corrected chi connectivity index (χ0v) is 16.3. The van der Waals surface area contributed by atoms with Crippen LogP contribution in [0.4, 0.5) is 5.69 Å². The number of halogens is 1. The third-order valence-corrected chi connectivity index (χ3v) is 5.49. The number of nitrogens with zero attached hydrogens (tertiary/aromatic N) is 3. The van der Waals surface area contributed by atoms with Gasteiger partial charge in [0.05, 0.1) is 12.0 Å². The van der Waals surface area contributed by atoms with Crippen LogP contribution in [0, 0.1) is 5.92 Å². The Balaban J connectivity index is 0.00000243. The number of rotatable bonds is 4. The Labute approximate surface area is 161 Å². The predicted molar refractivity (Wildman–Crippen MR) is 105 cm³/mol. The number of hydrogen-bond acceptors (Lipinski definition) is 4. The molecule has 2 N–H and O–H groups in total. The monoisotopic (exact) mass is 380 g/mol. The molecule has 1 aromatic carbocycles. The summed E-state index contributed by atoms with van der Waals surface area (Å²) in [6, 6.07) is 9.63.